The molecule has 0 aromatic heterocycles. The molecule has 3 aromatic carbocycles. The van der Waals surface area contributed by atoms with Crippen molar-refractivity contribution < 1.29 is 14.3 Å². The summed E-state index contributed by atoms with van der Waals surface area (Å²) in [4.78, 5) is 28.0. The van der Waals surface area contributed by atoms with Gasteiger partial charge in [0.2, 0.25) is 5.91 Å². The average molecular weight is 451 g/mol. The van der Waals surface area contributed by atoms with Gasteiger partial charge in [-0.05, 0) is 30.2 Å². The summed E-state index contributed by atoms with van der Waals surface area (Å²) in [5.74, 6) is -0.0564. The molecule has 166 valence electrons. The monoisotopic (exact) mass is 450 g/mol. The zero-order valence-electron chi connectivity index (χ0n) is 18.0. The molecule has 2 amide bonds. The van der Waals surface area contributed by atoms with Crippen LogP contribution in [0.15, 0.2) is 84.9 Å². The quantitative estimate of drug-likeness (QED) is 0.495. The minimum Gasteiger partial charge on any atom is -0.482 e. The van der Waals surface area contributed by atoms with Crippen molar-refractivity contribution in [3.8, 4) is 5.75 Å². The maximum atomic E-state index is 13.4. The lowest BCUT2D eigenvalue weighted by molar-refractivity contribution is -0.142. The Morgan fingerprint density at radius 2 is 1.50 bits per heavy atom. The zero-order valence-corrected chi connectivity index (χ0v) is 18.8. The molecule has 32 heavy (non-hydrogen) atoms. The van der Waals surface area contributed by atoms with Crippen molar-refractivity contribution in [3.63, 3.8) is 0 Å². The van der Waals surface area contributed by atoms with Gasteiger partial charge in [-0.25, -0.2) is 0 Å². The summed E-state index contributed by atoms with van der Waals surface area (Å²) < 4.78 is 5.70. The summed E-state index contributed by atoms with van der Waals surface area (Å²) in [6.07, 6.45) is 0.400. The molecular weight excluding hydrogens is 424 g/mol. The van der Waals surface area contributed by atoms with E-state index in [1.807, 2.05) is 67.6 Å². The SMILES string of the molecule is CCNC(=O)[C@@H](Cc1ccccc1)N(Cc1ccccc1)C(=O)COc1ccccc1Cl. The second-order valence-electron chi connectivity index (χ2n) is 7.33. The third kappa shape index (κ3) is 6.59. The van der Waals surface area contributed by atoms with Gasteiger partial charge in [-0.15, -0.1) is 0 Å². The number of halogens is 1. The molecule has 6 heteroatoms. The predicted molar refractivity (Wildman–Crippen MR) is 127 cm³/mol. The van der Waals surface area contributed by atoms with Gasteiger partial charge in [-0.1, -0.05) is 84.4 Å². The highest BCUT2D eigenvalue weighted by Gasteiger charge is 2.30. The smallest absolute Gasteiger partial charge is 0.261 e. The molecule has 0 aliphatic heterocycles. The van der Waals surface area contributed by atoms with Crippen LogP contribution in [-0.2, 0) is 22.6 Å². The molecule has 0 spiro atoms. The van der Waals surface area contributed by atoms with Gasteiger partial charge < -0.3 is 15.0 Å². The maximum Gasteiger partial charge on any atom is 0.261 e. The summed E-state index contributed by atoms with van der Waals surface area (Å²) in [5.41, 5.74) is 1.91. The summed E-state index contributed by atoms with van der Waals surface area (Å²) >= 11 is 6.16. The van der Waals surface area contributed by atoms with Crippen LogP contribution in [-0.4, -0.2) is 35.9 Å². The van der Waals surface area contributed by atoms with E-state index in [2.05, 4.69) is 5.32 Å². The lowest BCUT2D eigenvalue weighted by Gasteiger charge is -2.31. The van der Waals surface area contributed by atoms with Crippen LogP contribution in [0.25, 0.3) is 0 Å². The van der Waals surface area contributed by atoms with Gasteiger partial charge in [-0.2, -0.15) is 0 Å². The second kappa shape index (κ2) is 11.9. The van der Waals surface area contributed by atoms with Crippen LogP contribution in [0.1, 0.15) is 18.1 Å². The normalized spacial score (nSPS) is 11.4. The van der Waals surface area contributed by atoms with E-state index in [-0.39, 0.29) is 18.4 Å². The van der Waals surface area contributed by atoms with E-state index in [9.17, 15) is 9.59 Å². The highest BCUT2D eigenvalue weighted by atomic mass is 35.5. The Bertz CT molecular complexity index is 1010. The van der Waals surface area contributed by atoms with Crippen molar-refractivity contribution >= 4 is 23.4 Å². The van der Waals surface area contributed by atoms with E-state index < -0.39 is 6.04 Å². The highest BCUT2D eigenvalue weighted by molar-refractivity contribution is 6.32. The number of para-hydroxylation sites is 1. The van der Waals surface area contributed by atoms with Crippen molar-refractivity contribution in [2.45, 2.75) is 25.9 Å². The molecule has 0 radical (unpaired) electrons. The van der Waals surface area contributed by atoms with E-state index >= 15 is 0 Å². The van der Waals surface area contributed by atoms with Gasteiger partial charge >= 0.3 is 0 Å². The molecule has 3 rings (SSSR count). The number of likely N-dealkylation sites (N-methyl/N-ethyl adjacent to an activating group) is 1. The predicted octanol–water partition coefficient (Wildman–Crippen LogP) is 4.50. The van der Waals surface area contributed by atoms with Gasteiger partial charge in [-0.3, -0.25) is 9.59 Å². The Hall–Kier alpha value is -3.31. The first kappa shape index (κ1) is 23.4. The van der Waals surface area contributed by atoms with Crippen molar-refractivity contribution in [2.24, 2.45) is 0 Å². The molecule has 0 saturated carbocycles. The molecule has 0 fully saturated rings. The Kier molecular flexibility index (Phi) is 8.70. The van der Waals surface area contributed by atoms with Crippen LogP contribution in [0.2, 0.25) is 5.02 Å². The number of hydrogen-bond acceptors (Lipinski definition) is 3. The second-order valence-corrected chi connectivity index (χ2v) is 7.73. The minimum absolute atomic E-state index is 0.196. The Labute approximate surface area is 194 Å². The Balaban J connectivity index is 1.87. The molecule has 0 aliphatic rings. The zero-order chi connectivity index (χ0) is 22.8. The largest absolute Gasteiger partial charge is 0.482 e. The van der Waals surface area contributed by atoms with E-state index in [0.717, 1.165) is 11.1 Å². The fourth-order valence-electron chi connectivity index (χ4n) is 3.41. The number of carbonyl (C=O) groups excluding carboxylic acids is 2. The van der Waals surface area contributed by atoms with Gasteiger partial charge in [0.15, 0.2) is 6.61 Å². The number of rotatable bonds is 10. The number of amides is 2. The first-order valence-corrected chi connectivity index (χ1v) is 11.0. The summed E-state index contributed by atoms with van der Waals surface area (Å²) in [5, 5.41) is 3.31. The minimum atomic E-state index is -0.681. The lowest BCUT2D eigenvalue weighted by atomic mass is 10.0. The number of nitrogens with one attached hydrogen (secondary N) is 1. The van der Waals surface area contributed by atoms with E-state index in [4.69, 9.17) is 16.3 Å². The van der Waals surface area contributed by atoms with Crippen LogP contribution in [0, 0.1) is 0 Å². The fourth-order valence-corrected chi connectivity index (χ4v) is 3.60. The van der Waals surface area contributed by atoms with Crippen LogP contribution in [0.3, 0.4) is 0 Å². The van der Waals surface area contributed by atoms with Gasteiger partial charge in [0.25, 0.3) is 5.91 Å². The number of ether oxygens (including phenoxy) is 1. The lowest BCUT2D eigenvalue weighted by Crippen LogP contribution is -2.51. The molecule has 1 N–H and O–H groups in total. The molecule has 5 nitrogen and oxygen atoms in total. The third-order valence-corrected chi connectivity index (χ3v) is 5.32. The van der Waals surface area contributed by atoms with Gasteiger partial charge in [0, 0.05) is 19.5 Å². The molecule has 0 saturated heterocycles. The maximum absolute atomic E-state index is 13.4. The van der Waals surface area contributed by atoms with Crippen molar-refractivity contribution in [3.05, 3.63) is 101 Å². The molecule has 0 unspecified atom stereocenters. The molecule has 0 bridgehead atoms. The topological polar surface area (TPSA) is 58.6 Å². The third-order valence-electron chi connectivity index (χ3n) is 5.01. The first-order valence-electron chi connectivity index (χ1n) is 10.6. The van der Waals surface area contributed by atoms with Gasteiger partial charge in [0.05, 0.1) is 5.02 Å². The summed E-state index contributed by atoms with van der Waals surface area (Å²) in [7, 11) is 0. The van der Waals surface area contributed by atoms with E-state index in [1.54, 1.807) is 29.2 Å². The van der Waals surface area contributed by atoms with Crippen molar-refractivity contribution in [1.29, 1.82) is 0 Å². The number of nitrogens with zero attached hydrogens (tertiary/aromatic N) is 1. The molecule has 3 aromatic rings. The molecular formula is C26H27ClN2O3. The standard InChI is InChI=1S/C26H27ClN2O3/c1-2-28-26(31)23(17-20-11-5-3-6-12-20)29(18-21-13-7-4-8-14-21)25(30)19-32-24-16-10-9-15-22(24)27/h3-16,23H,2,17-19H2,1H3,(H,28,31)/t23-/m1/s1. The fraction of sp³-hybridized carbons (Fsp3) is 0.231. The number of benzene rings is 3. The van der Waals surface area contributed by atoms with Crippen LogP contribution < -0.4 is 10.1 Å². The highest BCUT2D eigenvalue weighted by Crippen LogP contribution is 2.23. The van der Waals surface area contributed by atoms with Crippen molar-refractivity contribution in [2.75, 3.05) is 13.2 Å². The Morgan fingerprint density at radius 3 is 2.12 bits per heavy atom. The van der Waals surface area contributed by atoms with E-state index in [1.165, 1.54) is 0 Å². The van der Waals surface area contributed by atoms with Crippen LogP contribution in [0.4, 0.5) is 0 Å². The Morgan fingerprint density at radius 1 is 0.906 bits per heavy atom. The summed E-state index contributed by atoms with van der Waals surface area (Å²) in [6.45, 7) is 2.41. The van der Waals surface area contributed by atoms with Gasteiger partial charge in [0.1, 0.15) is 11.8 Å². The number of hydrogen-bond donors (Lipinski definition) is 1. The summed E-state index contributed by atoms with van der Waals surface area (Å²) in [6, 6.07) is 25.6. The van der Waals surface area contributed by atoms with Crippen LogP contribution in [0.5, 0.6) is 5.75 Å². The number of carbonyl (C=O) groups is 2. The molecule has 0 heterocycles. The van der Waals surface area contributed by atoms with Crippen molar-refractivity contribution in [1.82, 2.24) is 10.2 Å². The first-order chi connectivity index (χ1) is 15.6. The van der Waals surface area contributed by atoms with E-state index in [0.29, 0.717) is 30.3 Å². The van der Waals surface area contributed by atoms with Crippen LogP contribution >= 0.6 is 11.6 Å². The molecule has 1 atom stereocenters. The molecule has 0 aliphatic carbocycles. The average Bonchev–Trinajstić information content (AvgIpc) is 2.82.